The number of benzene rings is 4. The number of rotatable bonds is 5. The molecule has 9 heteroatoms. The highest BCUT2D eigenvalue weighted by Crippen LogP contribution is 2.66. The minimum Gasteiger partial charge on any atom is -0.497 e. The molecule has 3 aliphatic heterocycles. The van der Waals surface area contributed by atoms with Crippen molar-refractivity contribution in [3.63, 3.8) is 0 Å². The van der Waals surface area contributed by atoms with Crippen molar-refractivity contribution in [1.82, 2.24) is 0 Å². The van der Waals surface area contributed by atoms with Crippen molar-refractivity contribution in [1.29, 1.82) is 0 Å². The maximum absolute atomic E-state index is 10.3. The van der Waals surface area contributed by atoms with Crippen molar-refractivity contribution in [3.8, 4) is 40.2 Å². The normalized spacial score (nSPS) is 17.4. The zero-order valence-corrected chi connectivity index (χ0v) is 22.0. The zero-order chi connectivity index (χ0) is 25.5. The summed E-state index contributed by atoms with van der Waals surface area (Å²) in [6.45, 7) is -0.180. The standard InChI is InChI=1S/C28H22NO6PS/c1-31-17-7-5-16(6-8-17)29-19-9-4-15(14-30)24-26(19)36(37)27-20(29)10-11-21(33-3)25(27)35-23-13-18(32-2)12-22(34-24)28(23)36/h4-13,30H,14H2,1-3H3. The first kappa shape index (κ1) is 22.5. The third kappa shape index (κ3) is 2.83. The van der Waals surface area contributed by atoms with Crippen LogP contribution in [0.3, 0.4) is 0 Å². The van der Waals surface area contributed by atoms with Gasteiger partial charge in [0.15, 0.2) is 11.5 Å². The Kier molecular flexibility index (Phi) is 4.80. The van der Waals surface area contributed by atoms with Gasteiger partial charge in [-0.15, -0.1) is 0 Å². The SMILES string of the molecule is COc1ccc(N2c3ccc(CO)c4c3P3(=S)c5c(cc(OC)cc5Oc5c(OC)ccc2c53)O4)cc1. The lowest BCUT2D eigenvalue weighted by Gasteiger charge is -2.46. The van der Waals surface area contributed by atoms with Crippen molar-refractivity contribution in [3.05, 3.63) is 66.2 Å². The smallest absolute Gasteiger partial charge is 0.180 e. The average Bonchev–Trinajstić information content (AvgIpc) is 2.93. The van der Waals surface area contributed by atoms with E-state index in [1.165, 1.54) is 0 Å². The van der Waals surface area contributed by atoms with Crippen LogP contribution in [0.5, 0.6) is 40.2 Å². The van der Waals surface area contributed by atoms with Gasteiger partial charge in [0.25, 0.3) is 0 Å². The first-order valence-corrected chi connectivity index (χ1v) is 14.4. The van der Waals surface area contributed by atoms with E-state index in [1.807, 2.05) is 60.7 Å². The Balaban J connectivity index is 1.63. The molecule has 0 radical (unpaired) electrons. The maximum Gasteiger partial charge on any atom is 0.180 e. The summed E-state index contributed by atoms with van der Waals surface area (Å²) in [6.07, 6.45) is 0. The van der Waals surface area contributed by atoms with E-state index in [0.717, 1.165) is 38.7 Å². The second-order valence-corrected chi connectivity index (χ2v) is 13.1. The molecule has 1 N–H and O–H groups in total. The van der Waals surface area contributed by atoms with Gasteiger partial charge in [-0.2, -0.15) is 0 Å². The molecule has 7 rings (SSSR count). The molecule has 0 saturated carbocycles. The van der Waals surface area contributed by atoms with Gasteiger partial charge in [0.05, 0.1) is 61.3 Å². The summed E-state index contributed by atoms with van der Waals surface area (Å²) in [7, 11) is 4.87. The van der Waals surface area contributed by atoms with E-state index in [1.54, 1.807) is 21.3 Å². The number of aliphatic hydroxyl groups excluding tert-OH is 1. The molecule has 0 amide bonds. The van der Waals surface area contributed by atoms with E-state index >= 15 is 0 Å². The third-order valence-corrected chi connectivity index (χ3v) is 11.9. The van der Waals surface area contributed by atoms with E-state index in [-0.39, 0.29) is 6.61 Å². The van der Waals surface area contributed by atoms with Gasteiger partial charge in [-0.1, -0.05) is 17.9 Å². The zero-order valence-electron chi connectivity index (χ0n) is 20.3. The largest absolute Gasteiger partial charge is 0.497 e. The van der Waals surface area contributed by atoms with Crippen LogP contribution in [0.2, 0.25) is 0 Å². The Hall–Kier alpha value is -3.71. The van der Waals surface area contributed by atoms with Gasteiger partial charge in [0.1, 0.15) is 28.7 Å². The molecule has 0 aromatic heterocycles. The fraction of sp³-hybridized carbons (Fsp3) is 0.143. The molecule has 0 aliphatic carbocycles. The minimum atomic E-state index is -2.70. The quantitative estimate of drug-likeness (QED) is 0.313. The molecule has 3 aliphatic rings. The van der Waals surface area contributed by atoms with E-state index in [9.17, 15) is 5.11 Å². The second kappa shape index (κ2) is 7.89. The highest BCUT2D eigenvalue weighted by molar-refractivity contribution is 8.26. The number of anilines is 3. The summed E-state index contributed by atoms with van der Waals surface area (Å²) >= 11 is 6.75. The average molecular weight is 532 g/mol. The van der Waals surface area contributed by atoms with Crippen LogP contribution in [0.1, 0.15) is 5.56 Å². The van der Waals surface area contributed by atoms with Crippen LogP contribution in [-0.2, 0) is 18.4 Å². The lowest BCUT2D eigenvalue weighted by molar-refractivity contribution is 0.276. The summed E-state index contributed by atoms with van der Waals surface area (Å²) in [6, 6.07) is 16.7. The van der Waals surface area contributed by atoms with Crippen molar-refractivity contribution in [2.75, 3.05) is 26.2 Å². The Bertz CT molecular complexity index is 1580. The number of hydrogen-bond acceptors (Lipinski definition) is 8. The Labute approximate surface area is 218 Å². The summed E-state index contributed by atoms with van der Waals surface area (Å²) in [5.74, 6) is 4.34. The van der Waals surface area contributed by atoms with E-state index in [0.29, 0.717) is 40.1 Å². The lowest BCUT2D eigenvalue weighted by Crippen LogP contribution is -2.42. The molecule has 0 saturated heterocycles. The first-order chi connectivity index (χ1) is 18.0. The van der Waals surface area contributed by atoms with Crippen LogP contribution in [-0.4, -0.2) is 26.4 Å². The Morgan fingerprint density at radius 1 is 0.757 bits per heavy atom. The van der Waals surface area contributed by atoms with Gasteiger partial charge in [0, 0.05) is 23.4 Å². The van der Waals surface area contributed by atoms with Gasteiger partial charge in [0.2, 0.25) is 0 Å². The molecule has 0 spiro atoms. The maximum atomic E-state index is 10.3. The summed E-state index contributed by atoms with van der Waals surface area (Å²) in [5, 5.41) is 12.9. The third-order valence-electron chi connectivity index (χ3n) is 7.09. The molecule has 1 atom stereocenters. The van der Waals surface area contributed by atoms with E-state index in [4.69, 9.17) is 35.5 Å². The van der Waals surface area contributed by atoms with Gasteiger partial charge in [-0.25, -0.2) is 0 Å². The minimum absolute atomic E-state index is 0.180. The first-order valence-electron chi connectivity index (χ1n) is 11.6. The summed E-state index contributed by atoms with van der Waals surface area (Å²) < 4.78 is 29.8. The summed E-state index contributed by atoms with van der Waals surface area (Å²) in [5.41, 5.74) is 3.44. The van der Waals surface area contributed by atoms with Crippen molar-refractivity contribution >= 4 is 50.8 Å². The topological polar surface area (TPSA) is 69.6 Å². The molecule has 7 nitrogen and oxygen atoms in total. The number of aliphatic hydroxyl groups is 1. The van der Waals surface area contributed by atoms with Gasteiger partial charge in [-0.05, 0) is 42.5 Å². The fourth-order valence-corrected chi connectivity index (χ4v) is 10.5. The molecule has 0 bridgehead atoms. The monoisotopic (exact) mass is 531 g/mol. The van der Waals surface area contributed by atoms with Crippen LogP contribution in [0.4, 0.5) is 17.1 Å². The number of nitrogens with zero attached hydrogens (tertiary/aromatic N) is 1. The molecule has 0 fully saturated rings. The van der Waals surface area contributed by atoms with Crippen LogP contribution in [0.15, 0.2) is 60.7 Å². The number of hydrogen-bond donors (Lipinski definition) is 1. The molecule has 37 heavy (non-hydrogen) atoms. The van der Waals surface area contributed by atoms with E-state index < -0.39 is 6.04 Å². The van der Waals surface area contributed by atoms with Gasteiger partial charge >= 0.3 is 0 Å². The van der Waals surface area contributed by atoms with Crippen LogP contribution in [0.25, 0.3) is 0 Å². The lowest BCUT2D eigenvalue weighted by atomic mass is 10.1. The van der Waals surface area contributed by atoms with Gasteiger partial charge < -0.3 is 33.7 Å². The molecular weight excluding hydrogens is 509 g/mol. The molecule has 3 heterocycles. The molecular formula is C28H22NO6PS. The van der Waals surface area contributed by atoms with E-state index in [2.05, 4.69) is 4.90 Å². The molecule has 4 aromatic carbocycles. The highest BCUT2D eigenvalue weighted by atomic mass is 32.4. The fourth-order valence-electron chi connectivity index (χ4n) is 5.45. The van der Waals surface area contributed by atoms with Crippen LogP contribution < -0.4 is 44.5 Å². The van der Waals surface area contributed by atoms with Crippen LogP contribution in [0, 0.1) is 0 Å². The molecule has 1 unspecified atom stereocenters. The van der Waals surface area contributed by atoms with Crippen molar-refractivity contribution < 1.29 is 28.8 Å². The molecule has 186 valence electrons. The Morgan fingerprint density at radius 2 is 1.38 bits per heavy atom. The predicted molar refractivity (Wildman–Crippen MR) is 146 cm³/mol. The Morgan fingerprint density at radius 3 is 2.00 bits per heavy atom. The molecule has 4 aromatic rings. The number of ether oxygens (including phenoxy) is 5. The summed E-state index contributed by atoms with van der Waals surface area (Å²) in [4.78, 5) is 2.16. The van der Waals surface area contributed by atoms with Crippen molar-refractivity contribution in [2.45, 2.75) is 6.61 Å². The number of methoxy groups -OCH3 is 3. The highest BCUT2D eigenvalue weighted by Gasteiger charge is 2.51. The van der Waals surface area contributed by atoms with Crippen molar-refractivity contribution in [2.24, 2.45) is 0 Å². The van der Waals surface area contributed by atoms with Gasteiger partial charge in [-0.3, -0.25) is 0 Å². The second-order valence-electron chi connectivity index (χ2n) is 8.86. The van der Waals surface area contributed by atoms with Crippen LogP contribution >= 0.6 is 6.04 Å². The predicted octanol–water partition coefficient (Wildman–Crippen LogP) is 4.96.